The highest BCUT2D eigenvalue weighted by atomic mass is 32.1. The third-order valence-electron chi connectivity index (χ3n) is 3.21. The van der Waals surface area contributed by atoms with Gasteiger partial charge in [-0.15, -0.1) is 11.3 Å². The van der Waals surface area contributed by atoms with Gasteiger partial charge in [-0.3, -0.25) is 4.79 Å². The normalized spacial score (nSPS) is 11.0. The first kappa shape index (κ1) is 16.1. The highest BCUT2D eigenvalue weighted by Crippen LogP contribution is 2.33. The van der Waals surface area contributed by atoms with Crippen LogP contribution in [0.25, 0.3) is 10.2 Å². The Bertz CT molecular complexity index is 910. The number of ether oxygens (including phenoxy) is 1. The van der Waals surface area contributed by atoms with E-state index in [1.807, 2.05) is 25.3 Å². The van der Waals surface area contributed by atoms with E-state index in [0.29, 0.717) is 17.3 Å². The summed E-state index contributed by atoms with van der Waals surface area (Å²) in [6, 6.07) is 4.35. The number of thiophene rings is 1. The second-order valence-electron chi connectivity index (χ2n) is 5.35. The number of aromatic nitrogens is 2. The summed E-state index contributed by atoms with van der Waals surface area (Å²) in [4.78, 5) is 20.5. The van der Waals surface area contributed by atoms with Crippen LogP contribution in [-0.2, 0) is 0 Å². The van der Waals surface area contributed by atoms with E-state index in [0.717, 1.165) is 10.2 Å². The Balaban J connectivity index is 2.07. The Hall–Kier alpha value is -2.74. The van der Waals surface area contributed by atoms with E-state index in [2.05, 4.69) is 15.3 Å². The summed E-state index contributed by atoms with van der Waals surface area (Å²) in [5.41, 5.74) is 5.34. The zero-order valence-electron chi connectivity index (χ0n) is 13.0. The fraction of sp³-hybridized carbons (Fsp3) is 0.188. The molecule has 0 aliphatic heterocycles. The van der Waals surface area contributed by atoms with E-state index in [9.17, 15) is 9.18 Å². The molecule has 3 N–H and O–H groups in total. The molecule has 0 saturated heterocycles. The summed E-state index contributed by atoms with van der Waals surface area (Å²) < 4.78 is 19.8. The number of hydrogen-bond donors (Lipinski definition) is 2. The molecule has 1 amide bonds. The van der Waals surface area contributed by atoms with Crippen molar-refractivity contribution in [1.82, 2.24) is 9.97 Å². The number of nitrogens with one attached hydrogen (secondary N) is 1. The Morgan fingerprint density at radius 3 is 2.88 bits per heavy atom. The number of anilines is 2. The molecule has 0 unspecified atom stereocenters. The smallest absolute Gasteiger partial charge is 0.251 e. The van der Waals surface area contributed by atoms with Crippen LogP contribution in [0.5, 0.6) is 5.75 Å². The van der Waals surface area contributed by atoms with Gasteiger partial charge in [0.05, 0.1) is 22.7 Å². The van der Waals surface area contributed by atoms with Crippen molar-refractivity contribution in [2.75, 3.05) is 5.32 Å². The Labute approximate surface area is 141 Å². The topological polar surface area (TPSA) is 90.1 Å². The molecule has 24 heavy (non-hydrogen) atoms. The van der Waals surface area contributed by atoms with Crippen molar-refractivity contribution in [3.05, 3.63) is 41.3 Å². The molecule has 1 aromatic carbocycles. The van der Waals surface area contributed by atoms with Gasteiger partial charge in [0.15, 0.2) is 0 Å². The van der Waals surface area contributed by atoms with E-state index in [1.165, 1.54) is 29.8 Å². The average molecular weight is 346 g/mol. The summed E-state index contributed by atoms with van der Waals surface area (Å²) >= 11 is 1.48. The van der Waals surface area contributed by atoms with E-state index < -0.39 is 11.7 Å². The van der Waals surface area contributed by atoms with Crippen LogP contribution in [0.1, 0.15) is 24.2 Å². The molecular formula is C16H15FN4O2S. The molecule has 0 spiro atoms. The molecule has 3 rings (SSSR count). The van der Waals surface area contributed by atoms with Crippen molar-refractivity contribution >= 4 is 39.0 Å². The predicted molar refractivity (Wildman–Crippen MR) is 91.4 cm³/mol. The Kier molecular flexibility index (Phi) is 4.30. The highest BCUT2D eigenvalue weighted by Gasteiger charge is 2.17. The largest absolute Gasteiger partial charge is 0.489 e. The molecule has 0 saturated carbocycles. The zero-order valence-corrected chi connectivity index (χ0v) is 13.9. The van der Waals surface area contributed by atoms with Crippen LogP contribution in [-0.4, -0.2) is 22.0 Å². The number of nitrogens with zero attached hydrogens (tertiary/aromatic N) is 2. The molecule has 3 aromatic rings. The van der Waals surface area contributed by atoms with E-state index in [-0.39, 0.29) is 11.7 Å². The summed E-state index contributed by atoms with van der Waals surface area (Å²) in [5.74, 6) is -0.727. The van der Waals surface area contributed by atoms with Crippen LogP contribution < -0.4 is 15.8 Å². The van der Waals surface area contributed by atoms with Crippen molar-refractivity contribution in [3.63, 3.8) is 0 Å². The highest BCUT2D eigenvalue weighted by molar-refractivity contribution is 7.16. The van der Waals surface area contributed by atoms with Gasteiger partial charge in [-0.05, 0) is 31.4 Å². The molecule has 0 aliphatic rings. The predicted octanol–water partition coefficient (Wildman–Crippen LogP) is 3.46. The van der Waals surface area contributed by atoms with Crippen LogP contribution in [0.4, 0.5) is 15.9 Å². The molecular weight excluding hydrogens is 331 g/mol. The lowest BCUT2D eigenvalue weighted by molar-refractivity contribution is 0.0995. The van der Waals surface area contributed by atoms with Gasteiger partial charge in [-0.25, -0.2) is 14.4 Å². The van der Waals surface area contributed by atoms with Crippen molar-refractivity contribution in [3.8, 4) is 5.75 Å². The van der Waals surface area contributed by atoms with Gasteiger partial charge in [0, 0.05) is 6.07 Å². The molecule has 0 atom stereocenters. The lowest BCUT2D eigenvalue weighted by Crippen LogP contribution is -2.15. The first-order chi connectivity index (χ1) is 11.5. The second-order valence-corrected chi connectivity index (χ2v) is 6.24. The number of nitrogens with two attached hydrogens (primary N) is 1. The van der Waals surface area contributed by atoms with Crippen LogP contribution in [0.15, 0.2) is 29.9 Å². The van der Waals surface area contributed by atoms with Crippen molar-refractivity contribution in [2.24, 2.45) is 5.73 Å². The molecule has 124 valence electrons. The number of amides is 1. The van der Waals surface area contributed by atoms with Gasteiger partial charge in [0.25, 0.3) is 5.91 Å². The molecule has 6 nitrogen and oxygen atoms in total. The monoisotopic (exact) mass is 346 g/mol. The number of primary amides is 1. The fourth-order valence-electron chi connectivity index (χ4n) is 2.21. The number of carbonyl (C=O) groups excluding carboxylic acids is 1. The molecule has 0 bridgehead atoms. The first-order valence-corrected chi connectivity index (χ1v) is 8.09. The number of hydrogen-bond acceptors (Lipinski definition) is 6. The minimum atomic E-state index is -0.852. The third-order valence-corrected chi connectivity index (χ3v) is 4.03. The van der Waals surface area contributed by atoms with Crippen LogP contribution in [0.2, 0.25) is 0 Å². The molecule has 2 aromatic heterocycles. The minimum Gasteiger partial charge on any atom is -0.489 e. The van der Waals surface area contributed by atoms with Gasteiger partial charge >= 0.3 is 0 Å². The SMILES string of the molecule is CC(C)Oc1cc(C(N)=O)c(F)cc1Nc1ncnc2sccc12. The average Bonchev–Trinajstić information content (AvgIpc) is 2.98. The lowest BCUT2D eigenvalue weighted by Gasteiger charge is -2.17. The maximum absolute atomic E-state index is 14.1. The standard InChI is InChI=1S/C16H15FN4O2S/c1-8(2)23-13-5-10(14(18)22)11(17)6-12(13)21-15-9-3-4-24-16(9)20-7-19-15/h3-8H,1-2H3,(H2,18,22)(H,19,20,21). The molecule has 2 heterocycles. The number of carbonyl (C=O) groups is 1. The second kappa shape index (κ2) is 6.40. The van der Waals surface area contributed by atoms with E-state index >= 15 is 0 Å². The minimum absolute atomic E-state index is 0.164. The first-order valence-electron chi connectivity index (χ1n) is 7.21. The zero-order chi connectivity index (χ0) is 17.3. The quantitative estimate of drug-likeness (QED) is 0.738. The molecule has 0 aliphatic carbocycles. The molecule has 0 fully saturated rings. The Morgan fingerprint density at radius 2 is 2.17 bits per heavy atom. The van der Waals surface area contributed by atoms with Gasteiger partial charge in [0.1, 0.15) is 28.5 Å². The van der Waals surface area contributed by atoms with Gasteiger partial charge in [-0.1, -0.05) is 0 Å². The van der Waals surface area contributed by atoms with Gasteiger partial charge in [-0.2, -0.15) is 0 Å². The van der Waals surface area contributed by atoms with Crippen LogP contribution in [0.3, 0.4) is 0 Å². The number of rotatable bonds is 5. The van der Waals surface area contributed by atoms with Crippen LogP contribution in [0, 0.1) is 5.82 Å². The summed E-state index contributed by atoms with van der Waals surface area (Å²) in [7, 11) is 0. The third kappa shape index (κ3) is 3.13. The van der Waals surface area contributed by atoms with Crippen molar-refractivity contribution in [1.29, 1.82) is 0 Å². The van der Waals surface area contributed by atoms with Crippen LogP contribution >= 0.6 is 11.3 Å². The maximum atomic E-state index is 14.1. The summed E-state index contributed by atoms with van der Waals surface area (Å²) in [6.07, 6.45) is 1.27. The fourth-order valence-corrected chi connectivity index (χ4v) is 2.94. The molecule has 8 heteroatoms. The van der Waals surface area contributed by atoms with Gasteiger partial charge < -0.3 is 15.8 Å². The van der Waals surface area contributed by atoms with E-state index in [4.69, 9.17) is 10.5 Å². The lowest BCUT2D eigenvalue weighted by atomic mass is 10.1. The number of halogens is 1. The van der Waals surface area contributed by atoms with Crippen molar-refractivity contribution < 1.29 is 13.9 Å². The number of fused-ring (bicyclic) bond motifs is 1. The van der Waals surface area contributed by atoms with Gasteiger partial charge in [0.2, 0.25) is 0 Å². The summed E-state index contributed by atoms with van der Waals surface area (Å²) in [6.45, 7) is 3.66. The summed E-state index contributed by atoms with van der Waals surface area (Å²) in [5, 5.41) is 5.77. The Morgan fingerprint density at radius 1 is 1.38 bits per heavy atom. The van der Waals surface area contributed by atoms with Crippen molar-refractivity contribution in [2.45, 2.75) is 20.0 Å². The van der Waals surface area contributed by atoms with E-state index in [1.54, 1.807) is 0 Å². The maximum Gasteiger partial charge on any atom is 0.251 e. The molecule has 0 radical (unpaired) electrons. The number of benzene rings is 1.